The number of aromatic nitrogens is 2. The second kappa shape index (κ2) is 7.58. The zero-order valence-electron chi connectivity index (χ0n) is 16.6. The lowest BCUT2D eigenvalue weighted by Gasteiger charge is -2.15. The van der Waals surface area contributed by atoms with E-state index in [1.807, 2.05) is 0 Å². The molecule has 3 aromatic carbocycles. The van der Waals surface area contributed by atoms with Gasteiger partial charge < -0.3 is 0 Å². The van der Waals surface area contributed by atoms with Gasteiger partial charge in [0.25, 0.3) is 21.8 Å². The smallest absolute Gasteiger partial charge is 0.269 e. The van der Waals surface area contributed by atoms with Crippen LogP contribution in [0.25, 0.3) is 11.0 Å². The number of fused-ring (bicyclic) bond motifs is 2. The number of rotatable bonds is 5. The summed E-state index contributed by atoms with van der Waals surface area (Å²) in [5.41, 5.74) is 1.61. The first kappa shape index (κ1) is 20.4. The Balaban J connectivity index is 1.54. The first-order valence-corrected chi connectivity index (χ1v) is 11.6. The van der Waals surface area contributed by atoms with Crippen molar-refractivity contribution in [1.82, 2.24) is 13.9 Å². The van der Waals surface area contributed by atoms with Crippen LogP contribution < -0.4 is 0 Å². The molecule has 0 bridgehead atoms. The van der Waals surface area contributed by atoms with E-state index >= 15 is 0 Å². The number of carbonyl (C=O) groups excluding carboxylic acids is 2. The van der Waals surface area contributed by atoms with Gasteiger partial charge in [-0.05, 0) is 48.5 Å². The molecule has 5 rings (SSSR count). The monoisotopic (exact) mass is 465 g/mol. The van der Waals surface area contributed by atoms with E-state index in [-0.39, 0.29) is 23.7 Å². The fraction of sp³-hybridized carbons (Fsp3) is 0.0870. The summed E-state index contributed by atoms with van der Waals surface area (Å²) < 4.78 is 28.1. The topological polar surface area (TPSA) is 89.3 Å². The summed E-state index contributed by atoms with van der Waals surface area (Å²) in [6.07, 6.45) is 0.0764. The minimum Gasteiger partial charge on any atom is -0.274 e. The summed E-state index contributed by atoms with van der Waals surface area (Å²) in [5.74, 6) is -0.555. The molecule has 0 atom stereocenters. The predicted octanol–water partition coefficient (Wildman–Crippen LogP) is 3.77. The number of nitrogens with zero attached hydrogens (tertiary/aromatic N) is 3. The molecule has 1 aliphatic rings. The Hall–Kier alpha value is -3.49. The normalized spacial score (nSPS) is 13.7. The van der Waals surface area contributed by atoms with E-state index in [0.717, 1.165) is 4.90 Å². The minimum absolute atomic E-state index is 0.00576. The summed E-state index contributed by atoms with van der Waals surface area (Å²) in [6, 6.07) is 19.4. The number of imidazole rings is 1. The van der Waals surface area contributed by atoms with Gasteiger partial charge >= 0.3 is 0 Å². The Kier molecular flexibility index (Phi) is 4.83. The highest BCUT2D eigenvalue weighted by Gasteiger charge is 2.35. The van der Waals surface area contributed by atoms with Crippen molar-refractivity contribution >= 4 is 44.5 Å². The molecule has 0 unspecified atom stereocenters. The van der Waals surface area contributed by atoms with Crippen molar-refractivity contribution in [1.29, 1.82) is 0 Å². The highest BCUT2D eigenvalue weighted by molar-refractivity contribution is 7.90. The van der Waals surface area contributed by atoms with Crippen molar-refractivity contribution in [3.05, 3.63) is 94.8 Å². The molecule has 0 saturated carbocycles. The van der Waals surface area contributed by atoms with Crippen LogP contribution in [0.1, 0.15) is 26.5 Å². The quantitative estimate of drug-likeness (QED) is 0.418. The zero-order valence-corrected chi connectivity index (χ0v) is 18.2. The number of benzene rings is 3. The van der Waals surface area contributed by atoms with Crippen LogP contribution in [0.2, 0.25) is 5.02 Å². The number of carbonyl (C=O) groups is 2. The predicted molar refractivity (Wildman–Crippen MR) is 119 cm³/mol. The average Bonchev–Trinajstić information content (AvgIpc) is 3.28. The molecule has 2 amide bonds. The van der Waals surface area contributed by atoms with Crippen molar-refractivity contribution in [2.75, 3.05) is 6.54 Å². The van der Waals surface area contributed by atoms with Crippen LogP contribution in [0, 0.1) is 0 Å². The molecule has 0 saturated heterocycles. The van der Waals surface area contributed by atoms with Gasteiger partial charge in [-0.15, -0.1) is 0 Å². The average molecular weight is 466 g/mol. The second-order valence-electron chi connectivity index (χ2n) is 7.30. The molecule has 4 aromatic rings. The standard InChI is InChI=1S/C23H16ClN3O4S/c24-15-9-11-16(12-10-15)32(30,31)27-20-8-4-3-7-19(20)25-21(27)13-14-26-22(28)17-5-1-2-6-18(17)23(26)29/h1-12H,13-14H2. The molecule has 32 heavy (non-hydrogen) atoms. The molecule has 2 heterocycles. The molecule has 9 heteroatoms. The first-order chi connectivity index (χ1) is 15.4. The molecule has 0 radical (unpaired) electrons. The molecule has 0 aliphatic carbocycles. The van der Waals surface area contributed by atoms with Crippen molar-refractivity contribution in [3.63, 3.8) is 0 Å². The summed E-state index contributed by atoms with van der Waals surface area (Å²) in [7, 11) is -3.99. The lowest BCUT2D eigenvalue weighted by Crippen LogP contribution is -2.32. The van der Waals surface area contributed by atoms with Crippen molar-refractivity contribution in [3.8, 4) is 0 Å². The Morgan fingerprint density at radius 2 is 1.41 bits per heavy atom. The van der Waals surface area contributed by atoms with Crippen LogP contribution in [0.3, 0.4) is 0 Å². The van der Waals surface area contributed by atoms with Gasteiger partial charge in [0.1, 0.15) is 5.82 Å². The van der Waals surface area contributed by atoms with Crippen LogP contribution in [0.5, 0.6) is 0 Å². The molecule has 0 spiro atoms. The molecule has 1 aromatic heterocycles. The highest BCUT2D eigenvalue weighted by Crippen LogP contribution is 2.26. The molecule has 160 valence electrons. The maximum absolute atomic E-state index is 13.5. The van der Waals surface area contributed by atoms with Gasteiger partial charge in [-0.1, -0.05) is 35.9 Å². The maximum atomic E-state index is 13.5. The van der Waals surface area contributed by atoms with E-state index in [9.17, 15) is 18.0 Å². The SMILES string of the molecule is O=C1c2ccccc2C(=O)N1CCc1nc2ccccc2n1S(=O)(=O)c1ccc(Cl)cc1. The second-order valence-corrected chi connectivity index (χ2v) is 9.52. The maximum Gasteiger partial charge on any atom is 0.269 e. The first-order valence-electron chi connectivity index (χ1n) is 9.80. The number of amides is 2. The molecule has 0 fully saturated rings. The summed E-state index contributed by atoms with van der Waals surface area (Å²) in [6.45, 7) is 0.00576. The van der Waals surface area contributed by atoms with E-state index < -0.39 is 21.8 Å². The van der Waals surface area contributed by atoms with Gasteiger partial charge in [0.2, 0.25) is 0 Å². The lowest BCUT2D eigenvalue weighted by molar-refractivity contribution is 0.0655. The van der Waals surface area contributed by atoms with Gasteiger partial charge in [0, 0.05) is 18.0 Å². The van der Waals surface area contributed by atoms with Crippen LogP contribution in [0.15, 0.2) is 77.7 Å². The molecular weight excluding hydrogens is 450 g/mol. The van der Waals surface area contributed by atoms with Gasteiger partial charge in [0.15, 0.2) is 0 Å². The zero-order chi connectivity index (χ0) is 22.5. The Labute approximate surface area is 188 Å². The van der Waals surface area contributed by atoms with E-state index in [1.54, 1.807) is 48.5 Å². The summed E-state index contributed by atoms with van der Waals surface area (Å²) in [4.78, 5) is 31.0. The number of halogens is 1. The van der Waals surface area contributed by atoms with E-state index in [1.165, 1.54) is 28.2 Å². The third-order valence-electron chi connectivity index (χ3n) is 5.37. The van der Waals surface area contributed by atoms with Crippen LogP contribution in [0.4, 0.5) is 0 Å². The van der Waals surface area contributed by atoms with Crippen molar-refractivity contribution in [2.45, 2.75) is 11.3 Å². The van der Waals surface area contributed by atoms with Crippen molar-refractivity contribution in [2.24, 2.45) is 0 Å². The highest BCUT2D eigenvalue weighted by atomic mass is 35.5. The Bertz CT molecular complexity index is 1460. The fourth-order valence-electron chi connectivity index (χ4n) is 3.85. The van der Waals surface area contributed by atoms with Crippen LogP contribution in [-0.4, -0.2) is 40.6 Å². The lowest BCUT2D eigenvalue weighted by atomic mass is 10.1. The third-order valence-corrected chi connectivity index (χ3v) is 7.38. The molecular formula is C23H16ClN3O4S. The van der Waals surface area contributed by atoms with E-state index in [4.69, 9.17) is 11.6 Å². The Morgan fingerprint density at radius 3 is 2.06 bits per heavy atom. The summed E-state index contributed by atoms with van der Waals surface area (Å²) in [5, 5.41) is 0.422. The summed E-state index contributed by atoms with van der Waals surface area (Å²) >= 11 is 5.92. The van der Waals surface area contributed by atoms with Crippen molar-refractivity contribution < 1.29 is 18.0 Å². The Morgan fingerprint density at radius 1 is 0.812 bits per heavy atom. The largest absolute Gasteiger partial charge is 0.274 e. The van der Waals surface area contributed by atoms with Crippen LogP contribution >= 0.6 is 11.6 Å². The van der Waals surface area contributed by atoms with E-state index in [0.29, 0.717) is 27.2 Å². The van der Waals surface area contributed by atoms with Crippen LogP contribution in [-0.2, 0) is 16.4 Å². The molecule has 0 N–H and O–H groups in total. The molecule has 1 aliphatic heterocycles. The van der Waals surface area contributed by atoms with Gasteiger partial charge in [-0.25, -0.2) is 17.4 Å². The molecule has 7 nitrogen and oxygen atoms in total. The van der Waals surface area contributed by atoms with Gasteiger partial charge in [0.05, 0.1) is 27.1 Å². The number of hydrogen-bond donors (Lipinski definition) is 0. The van der Waals surface area contributed by atoms with Gasteiger partial charge in [-0.2, -0.15) is 0 Å². The van der Waals surface area contributed by atoms with E-state index in [2.05, 4.69) is 4.98 Å². The number of hydrogen-bond acceptors (Lipinski definition) is 5. The minimum atomic E-state index is -3.99. The van der Waals surface area contributed by atoms with Gasteiger partial charge in [-0.3, -0.25) is 14.5 Å². The number of para-hydroxylation sites is 2. The number of imide groups is 1. The fourth-order valence-corrected chi connectivity index (χ4v) is 5.49. The third kappa shape index (κ3) is 3.19.